The molecule has 0 aliphatic carbocycles. The van der Waals surface area contributed by atoms with Crippen molar-refractivity contribution < 1.29 is 19.4 Å². The van der Waals surface area contributed by atoms with Crippen molar-refractivity contribution in [1.29, 1.82) is 0 Å². The van der Waals surface area contributed by atoms with Gasteiger partial charge in [-0.2, -0.15) is 0 Å². The number of carbonyl (C=O) groups is 2. The average molecular weight is 348 g/mol. The monoisotopic (exact) mass is 348 g/mol. The van der Waals surface area contributed by atoms with Crippen molar-refractivity contribution in [2.24, 2.45) is 0 Å². The number of rotatable bonds is 7. The standard InChI is InChI=1S/C17H20N2O4S/c1-10-15(17(21)22)24-16(19-10)11(2)18-14(20)8-12-5-4-6-13(7-12)9-23-3/h4-7,11H,8-9H2,1-3H3,(H,18,20)(H,21,22). The van der Waals surface area contributed by atoms with E-state index < -0.39 is 5.97 Å². The summed E-state index contributed by atoms with van der Waals surface area (Å²) in [6.07, 6.45) is 0.248. The van der Waals surface area contributed by atoms with Crippen LogP contribution in [0.25, 0.3) is 0 Å². The summed E-state index contributed by atoms with van der Waals surface area (Å²) < 4.78 is 5.09. The molecular formula is C17H20N2O4S. The van der Waals surface area contributed by atoms with Crippen LogP contribution in [0.2, 0.25) is 0 Å². The minimum absolute atomic E-state index is 0.137. The lowest BCUT2D eigenvalue weighted by molar-refractivity contribution is -0.121. The number of carboxylic acid groups (broad SMARTS) is 1. The molecule has 1 amide bonds. The van der Waals surface area contributed by atoms with E-state index in [4.69, 9.17) is 9.84 Å². The van der Waals surface area contributed by atoms with Gasteiger partial charge < -0.3 is 15.2 Å². The molecule has 0 aliphatic heterocycles. The van der Waals surface area contributed by atoms with Crippen molar-refractivity contribution in [2.45, 2.75) is 32.9 Å². The highest BCUT2D eigenvalue weighted by Crippen LogP contribution is 2.23. The topological polar surface area (TPSA) is 88.5 Å². The molecule has 0 fully saturated rings. The number of aromatic carboxylic acids is 1. The number of benzene rings is 1. The van der Waals surface area contributed by atoms with E-state index in [1.54, 1.807) is 21.0 Å². The highest BCUT2D eigenvalue weighted by Gasteiger charge is 2.19. The maximum atomic E-state index is 12.2. The molecule has 1 aromatic heterocycles. The van der Waals surface area contributed by atoms with Crippen molar-refractivity contribution in [3.63, 3.8) is 0 Å². The number of amides is 1. The molecule has 2 rings (SSSR count). The van der Waals surface area contributed by atoms with E-state index in [0.717, 1.165) is 22.5 Å². The van der Waals surface area contributed by atoms with E-state index >= 15 is 0 Å². The Morgan fingerprint density at radius 3 is 2.71 bits per heavy atom. The molecule has 0 saturated carbocycles. The van der Waals surface area contributed by atoms with Crippen LogP contribution in [0.1, 0.15) is 44.5 Å². The number of methoxy groups -OCH3 is 1. The van der Waals surface area contributed by atoms with Gasteiger partial charge in [-0.1, -0.05) is 24.3 Å². The molecule has 0 spiro atoms. The quantitative estimate of drug-likeness (QED) is 0.803. The molecule has 128 valence electrons. The molecule has 1 atom stereocenters. The molecule has 0 bridgehead atoms. The maximum absolute atomic E-state index is 12.2. The number of aromatic nitrogens is 1. The first-order chi connectivity index (χ1) is 11.4. The van der Waals surface area contributed by atoms with E-state index in [1.807, 2.05) is 24.3 Å². The van der Waals surface area contributed by atoms with Crippen LogP contribution in [0.5, 0.6) is 0 Å². The number of thiazole rings is 1. The van der Waals surface area contributed by atoms with Gasteiger partial charge in [0.1, 0.15) is 9.88 Å². The molecule has 2 aromatic rings. The molecule has 2 N–H and O–H groups in total. The second-order valence-corrected chi connectivity index (χ2v) is 6.52. The van der Waals surface area contributed by atoms with Crippen molar-refractivity contribution >= 4 is 23.2 Å². The highest BCUT2D eigenvalue weighted by molar-refractivity contribution is 7.13. The van der Waals surface area contributed by atoms with Crippen LogP contribution in [-0.2, 0) is 22.6 Å². The Bertz CT molecular complexity index is 742. The van der Waals surface area contributed by atoms with Crippen LogP contribution < -0.4 is 5.32 Å². The molecule has 24 heavy (non-hydrogen) atoms. The van der Waals surface area contributed by atoms with Crippen molar-refractivity contribution in [3.05, 3.63) is 51.0 Å². The Morgan fingerprint density at radius 1 is 1.38 bits per heavy atom. The lowest BCUT2D eigenvalue weighted by atomic mass is 10.1. The number of ether oxygens (including phenoxy) is 1. The normalized spacial score (nSPS) is 12.0. The van der Waals surface area contributed by atoms with Gasteiger partial charge in [0.2, 0.25) is 5.91 Å². The molecule has 0 radical (unpaired) electrons. The molecule has 7 heteroatoms. The summed E-state index contributed by atoms with van der Waals surface area (Å²) in [6.45, 7) is 3.95. The molecule has 0 aliphatic rings. The van der Waals surface area contributed by atoms with E-state index in [1.165, 1.54) is 0 Å². The van der Waals surface area contributed by atoms with Gasteiger partial charge in [-0.15, -0.1) is 11.3 Å². The summed E-state index contributed by atoms with van der Waals surface area (Å²) in [6, 6.07) is 7.32. The van der Waals surface area contributed by atoms with Crippen molar-refractivity contribution in [3.8, 4) is 0 Å². The van der Waals surface area contributed by atoms with Gasteiger partial charge in [0.25, 0.3) is 0 Å². The van der Waals surface area contributed by atoms with Crippen molar-refractivity contribution in [1.82, 2.24) is 10.3 Å². The van der Waals surface area contributed by atoms with E-state index in [-0.39, 0.29) is 23.2 Å². The number of carbonyl (C=O) groups excluding carboxylic acids is 1. The van der Waals surface area contributed by atoms with Crippen LogP contribution in [0.15, 0.2) is 24.3 Å². The number of nitrogens with one attached hydrogen (secondary N) is 1. The Labute approximate surface area is 144 Å². The predicted octanol–water partition coefficient (Wildman–Crippen LogP) is 2.72. The molecule has 1 unspecified atom stereocenters. The van der Waals surface area contributed by atoms with Gasteiger partial charge in [0, 0.05) is 7.11 Å². The maximum Gasteiger partial charge on any atom is 0.347 e. The molecule has 1 heterocycles. The predicted molar refractivity (Wildman–Crippen MR) is 91.2 cm³/mol. The fourth-order valence-electron chi connectivity index (χ4n) is 2.34. The van der Waals surface area contributed by atoms with E-state index in [0.29, 0.717) is 17.3 Å². The minimum atomic E-state index is -0.996. The number of hydrogen-bond acceptors (Lipinski definition) is 5. The summed E-state index contributed by atoms with van der Waals surface area (Å²) in [5.41, 5.74) is 2.38. The van der Waals surface area contributed by atoms with Crippen LogP contribution >= 0.6 is 11.3 Å². The van der Waals surface area contributed by atoms with Crippen LogP contribution in [-0.4, -0.2) is 29.1 Å². The van der Waals surface area contributed by atoms with Gasteiger partial charge in [-0.25, -0.2) is 9.78 Å². The first kappa shape index (κ1) is 18.1. The van der Waals surface area contributed by atoms with Gasteiger partial charge in [-0.05, 0) is 25.0 Å². The van der Waals surface area contributed by atoms with Gasteiger partial charge in [0.15, 0.2) is 0 Å². The Morgan fingerprint density at radius 2 is 2.08 bits per heavy atom. The van der Waals surface area contributed by atoms with Gasteiger partial charge >= 0.3 is 5.97 Å². The second-order valence-electron chi connectivity index (χ2n) is 5.49. The average Bonchev–Trinajstić information content (AvgIpc) is 2.90. The van der Waals surface area contributed by atoms with E-state index in [9.17, 15) is 9.59 Å². The summed E-state index contributed by atoms with van der Waals surface area (Å²) in [7, 11) is 1.63. The number of hydrogen-bond donors (Lipinski definition) is 2. The zero-order valence-electron chi connectivity index (χ0n) is 13.8. The van der Waals surface area contributed by atoms with Crippen molar-refractivity contribution in [2.75, 3.05) is 7.11 Å². The summed E-state index contributed by atoms with van der Waals surface area (Å²) in [5.74, 6) is -1.13. The molecule has 0 saturated heterocycles. The first-order valence-electron chi connectivity index (χ1n) is 7.47. The molecule has 6 nitrogen and oxygen atoms in total. The molecule has 1 aromatic carbocycles. The Hall–Kier alpha value is -2.25. The lowest BCUT2D eigenvalue weighted by Crippen LogP contribution is -2.28. The fraction of sp³-hybridized carbons (Fsp3) is 0.353. The number of nitrogens with zero attached hydrogens (tertiary/aromatic N) is 1. The number of aryl methyl sites for hydroxylation is 1. The minimum Gasteiger partial charge on any atom is -0.477 e. The third kappa shape index (κ3) is 4.62. The Kier molecular flexibility index (Phi) is 6.05. The van der Waals surface area contributed by atoms with E-state index in [2.05, 4.69) is 10.3 Å². The van der Waals surface area contributed by atoms with Gasteiger partial charge in [0.05, 0.1) is 24.8 Å². The summed E-state index contributed by atoms with van der Waals surface area (Å²) in [4.78, 5) is 27.7. The summed E-state index contributed by atoms with van der Waals surface area (Å²) >= 11 is 1.09. The third-order valence-corrected chi connectivity index (χ3v) is 4.75. The van der Waals surface area contributed by atoms with Crippen LogP contribution in [0.3, 0.4) is 0 Å². The first-order valence-corrected chi connectivity index (χ1v) is 8.29. The second kappa shape index (κ2) is 8.03. The largest absolute Gasteiger partial charge is 0.477 e. The fourth-order valence-corrected chi connectivity index (χ4v) is 3.24. The molecular weight excluding hydrogens is 328 g/mol. The van der Waals surface area contributed by atoms with Crippen LogP contribution in [0.4, 0.5) is 0 Å². The lowest BCUT2D eigenvalue weighted by Gasteiger charge is -2.11. The zero-order valence-corrected chi connectivity index (χ0v) is 14.6. The number of carboxylic acids is 1. The zero-order chi connectivity index (χ0) is 17.7. The SMILES string of the molecule is COCc1cccc(CC(=O)NC(C)c2nc(C)c(C(=O)O)s2)c1. The van der Waals surface area contributed by atoms with Crippen LogP contribution in [0, 0.1) is 6.92 Å². The third-order valence-electron chi connectivity index (χ3n) is 3.42. The smallest absolute Gasteiger partial charge is 0.347 e. The Balaban J connectivity index is 2.00. The highest BCUT2D eigenvalue weighted by atomic mass is 32.1. The van der Waals surface area contributed by atoms with Gasteiger partial charge in [-0.3, -0.25) is 4.79 Å². The summed E-state index contributed by atoms with van der Waals surface area (Å²) in [5, 5.41) is 12.5.